The maximum atomic E-state index is 2.39. The first-order chi connectivity index (χ1) is 30.8. The second-order valence-corrected chi connectivity index (χ2v) is 16.4. The molecule has 0 aliphatic carbocycles. The molecule has 12 aromatic carbocycles. The number of hydrogen-bond acceptors (Lipinski definition) is 0. The van der Waals surface area contributed by atoms with E-state index in [1.807, 2.05) is 0 Å². The molecule has 0 N–H and O–H groups in total. The van der Waals surface area contributed by atoms with Gasteiger partial charge in [0, 0.05) is 0 Å². The third kappa shape index (κ3) is 5.99. The number of hydrogen-bond donors (Lipinski definition) is 0. The van der Waals surface area contributed by atoms with Crippen molar-refractivity contribution in [3.05, 3.63) is 243 Å². The van der Waals surface area contributed by atoms with Gasteiger partial charge in [0.1, 0.15) is 0 Å². The Morgan fingerprint density at radius 2 is 0.387 bits per heavy atom. The molecule has 0 unspecified atom stereocenters. The molecule has 0 bridgehead atoms. The van der Waals surface area contributed by atoms with Crippen LogP contribution in [0.4, 0.5) is 0 Å². The molecule has 0 nitrogen and oxygen atoms in total. The lowest BCUT2D eigenvalue weighted by Gasteiger charge is -2.19. The summed E-state index contributed by atoms with van der Waals surface area (Å²) >= 11 is 0. The minimum Gasteiger partial charge on any atom is -0.0622 e. The second-order valence-electron chi connectivity index (χ2n) is 16.4. The summed E-state index contributed by atoms with van der Waals surface area (Å²) in [5.74, 6) is 0. The first kappa shape index (κ1) is 35.8. The summed E-state index contributed by atoms with van der Waals surface area (Å²) in [5, 5.41) is 12.5. The number of benzene rings is 12. The minimum atomic E-state index is 1.22. The summed E-state index contributed by atoms with van der Waals surface area (Å²) in [4.78, 5) is 0. The average molecular weight is 785 g/mol. The first-order valence-electron chi connectivity index (χ1n) is 21.5. The Bertz CT molecular complexity index is 3310. The van der Waals surface area contributed by atoms with Crippen LogP contribution in [0.3, 0.4) is 0 Å². The Hall–Kier alpha value is -8.06. The molecular formula is C62H40. The predicted octanol–water partition coefficient (Wildman–Crippen LogP) is 17.5. The van der Waals surface area contributed by atoms with Crippen LogP contribution in [0.25, 0.3) is 121 Å². The van der Waals surface area contributed by atoms with E-state index in [-0.39, 0.29) is 0 Å². The molecule has 0 saturated heterocycles. The molecule has 0 saturated carbocycles. The molecule has 0 fully saturated rings. The summed E-state index contributed by atoms with van der Waals surface area (Å²) in [5.41, 5.74) is 14.9. The average Bonchev–Trinajstić information content (AvgIpc) is 3.35. The van der Waals surface area contributed by atoms with Gasteiger partial charge in [-0.1, -0.05) is 218 Å². The maximum absolute atomic E-state index is 2.39. The molecule has 0 aliphatic heterocycles. The van der Waals surface area contributed by atoms with Crippen molar-refractivity contribution in [3.63, 3.8) is 0 Å². The van der Waals surface area contributed by atoms with Crippen LogP contribution in [0.1, 0.15) is 0 Å². The fraction of sp³-hybridized carbons (Fsp3) is 0. The molecule has 0 heteroatoms. The zero-order valence-electron chi connectivity index (χ0n) is 34.1. The Balaban J connectivity index is 1.01. The summed E-state index contributed by atoms with van der Waals surface area (Å²) < 4.78 is 0. The van der Waals surface area contributed by atoms with Crippen molar-refractivity contribution in [1.29, 1.82) is 0 Å². The highest BCUT2D eigenvalue weighted by Gasteiger charge is 2.19. The molecule has 12 aromatic rings. The van der Waals surface area contributed by atoms with Crippen molar-refractivity contribution in [2.24, 2.45) is 0 Å². The van der Waals surface area contributed by atoms with Crippen molar-refractivity contribution in [2.75, 3.05) is 0 Å². The normalized spacial score (nSPS) is 11.5. The molecule has 12 rings (SSSR count). The van der Waals surface area contributed by atoms with Gasteiger partial charge in [0.15, 0.2) is 0 Å². The Morgan fingerprint density at radius 1 is 0.145 bits per heavy atom. The topological polar surface area (TPSA) is 0 Å². The molecule has 0 aliphatic rings. The van der Waals surface area contributed by atoms with Crippen molar-refractivity contribution < 1.29 is 0 Å². The highest BCUT2D eigenvalue weighted by atomic mass is 14.2. The molecule has 0 radical (unpaired) electrons. The molecule has 0 aromatic heterocycles. The van der Waals surface area contributed by atoms with E-state index in [1.54, 1.807) is 0 Å². The summed E-state index contributed by atoms with van der Waals surface area (Å²) in [7, 11) is 0. The lowest BCUT2D eigenvalue weighted by Crippen LogP contribution is -1.92. The predicted molar refractivity (Wildman–Crippen MR) is 267 cm³/mol. The van der Waals surface area contributed by atoms with E-state index in [4.69, 9.17) is 0 Å². The summed E-state index contributed by atoms with van der Waals surface area (Å²) in [6, 6.07) is 89.3. The Labute approximate surface area is 361 Å². The fourth-order valence-corrected chi connectivity index (χ4v) is 10.0. The van der Waals surface area contributed by atoms with E-state index in [0.717, 1.165) is 0 Å². The molecule has 0 spiro atoms. The van der Waals surface area contributed by atoms with E-state index in [0.29, 0.717) is 0 Å². The SMILES string of the molecule is c1ccc(-c2cccc(-c3c4ccccc4c(-c4ccc5cc(-c6c7ccccc7c(-c7cccc(-c8ccccc8)c7)c7ccccc67)ccc5c4)c4ccccc34)c2)cc1. The summed E-state index contributed by atoms with van der Waals surface area (Å²) in [6.45, 7) is 0. The van der Waals surface area contributed by atoms with Gasteiger partial charge < -0.3 is 0 Å². The van der Waals surface area contributed by atoms with E-state index < -0.39 is 0 Å². The fourth-order valence-electron chi connectivity index (χ4n) is 10.0. The van der Waals surface area contributed by atoms with Gasteiger partial charge in [-0.3, -0.25) is 0 Å². The third-order valence-electron chi connectivity index (χ3n) is 12.8. The van der Waals surface area contributed by atoms with E-state index in [1.165, 1.54) is 121 Å². The van der Waals surface area contributed by atoms with Gasteiger partial charge in [-0.05, 0) is 145 Å². The van der Waals surface area contributed by atoms with Crippen molar-refractivity contribution in [3.8, 4) is 66.8 Å². The highest BCUT2D eigenvalue weighted by Crippen LogP contribution is 2.47. The maximum Gasteiger partial charge on any atom is -0.00262 e. The van der Waals surface area contributed by atoms with Gasteiger partial charge in [-0.15, -0.1) is 0 Å². The van der Waals surface area contributed by atoms with Crippen molar-refractivity contribution >= 4 is 53.9 Å². The molecule has 0 heterocycles. The Kier molecular flexibility index (Phi) is 8.61. The van der Waals surface area contributed by atoms with Gasteiger partial charge >= 0.3 is 0 Å². The van der Waals surface area contributed by atoms with Crippen LogP contribution in [-0.4, -0.2) is 0 Å². The lowest BCUT2D eigenvalue weighted by molar-refractivity contribution is 1.61. The van der Waals surface area contributed by atoms with Crippen LogP contribution in [0.15, 0.2) is 243 Å². The number of rotatable bonds is 6. The van der Waals surface area contributed by atoms with Crippen molar-refractivity contribution in [1.82, 2.24) is 0 Å². The van der Waals surface area contributed by atoms with Gasteiger partial charge in [0.05, 0.1) is 0 Å². The quantitative estimate of drug-likeness (QED) is 0.147. The van der Waals surface area contributed by atoms with Crippen LogP contribution < -0.4 is 0 Å². The van der Waals surface area contributed by atoms with Crippen LogP contribution in [0.2, 0.25) is 0 Å². The van der Waals surface area contributed by atoms with Crippen LogP contribution in [0.5, 0.6) is 0 Å². The van der Waals surface area contributed by atoms with Crippen LogP contribution in [-0.2, 0) is 0 Å². The standard InChI is InChI=1S/C62H40/c1-3-17-41(18-4-1)43-21-15-23-47(37-43)59-51-25-7-11-29-55(51)61(56-30-12-8-26-52(56)59)49-35-33-46-40-50(36-34-45(46)39-49)62-57-31-13-9-27-53(57)60(54-28-10-14-32-58(54)62)48-24-16-22-44(38-48)42-19-5-2-6-20-42/h1-40H. The molecule has 0 atom stereocenters. The van der Waals surface area contributed by atoms with Gasteiger partial charge in [-0.25, -0.2) is 0 Å². The van der Waals surface area contributed by atoms with E-state index in [9.17, 15) is 0 Å². The van der Waals surface area contributed by atoms with Crippen molar-refractivity contribution in [2.45, 2.75) is 0 Å². The zero-order chi connectivity index (χ0) is 41.0. The van der Waals surface area contributed by atoms with E-state index in [2.05, 4.69) is 243 Å². The molecule has 62 heavy (non-hydrogen) atoms. The smallest absolute Gasteiger partial charge is 0.00262 e. The monoisotopic (exact) mass is 784 g/mol. The highest BCUT2D eigenvalue weighted by molar-refractivity contribution is 6.23. The Morgan fingerprint density at radius 3 is 0.694 bits per heavy atom. The van der Waals surface area contributed by atoms with Crippen LogP contribution in [0, 0.1) is 0 Å². The molecular weight excluding hydrogens is 745 g/mol. The largest absolute Gasteiger partial charge is 0.0622 e. The van der Waals surface area contributed by atoms with Gasteiger partial charge in [0.25, 0.3) is 0 Å². The van der Waals surface area contributed by atoms with E-state index >= 15 is 0 Å². The van der Waals surface area contributed by atoms with Crippen LogP contribution >= 0.6 is 0 Å². The molecule has 0 amide bonds. The van der Waals surface area contributed by atoms with Gasteiger partial charge in [-0.2, -0.15) is 0 Å². The summed E-state index contributed by atoms with van der Waals surface area (Å²) in [6.07, 6.45) is 0. The third-order valence-corrected chi connectivity index (χ3v) is 12.8. The number of fused-ring (bicyclic) bond motifs is 5. The lowest BCUT2D eigenvalue weighted by atomic mass is 9.84. The minimum absolute atomic E-state index is 1.22. The zero-order valence-corrected chi connectivity index (χ0v) is 34.1. The van der Waals surface area contributed by atoms with Gasteiger partial charge in [0.2, 0.25) is 0 Å². The second kappa shape index (κ2) is 14.9. The first-order valence-corrected chi connectivity index (χ1v) is 21.5. The molecule has 288 valence electrons.